The van der Waals surface area contributed by atoms with E-state index in [1.807, 2.05) is 45.0 Å². The van der Waals surface area contributed by atoms with Crippen LogP contribution in [-0.2, 0) is 4.79 Å². The summed E-state index contributed by atoms with van der Waals surface area (Å²) in [6.45, 7) is 5.96. The number of hydrogen-bond donors (Lipinski definition) is 1. The number of carboxylic acid groups (broad SMARTS) is 1. The summed E-state index contributed by atoms with van der Waals surface area (Å²) in [4.78, 5) is 26.3. The second-order valence-electron chi connectivity index (χ2n) is 5.12. The van der Waals surface area contributed by atoms with E-state index in [9.17, 15) is 9.59 Å². The summed E-state index contributed by atoms with van der Waals surface area (Å²) in [5.74, 6) is -0.915. The van der Waals surface area contributed by atoms with Crippen molar-refractivity contribution in [3.63, 3.8) is 0 Å². The van der Waals surface area contributed by atoms with Gasteiger partial charge in [0.25, 0.3) is 0 Å². The number of aliphatic carboxylic acids is 1. The fourth-order valence-electron chi connectivity index (χ4n) is 1.68. The number of benzene rings is 1. The maximum atomic E-state index is 12.4. The highest BCUT2D eigenvalue weighted by atomic mass is 16.4. The number of urea groups is 1. The second-order valence-corrected chi connectivity index (χ2v) is 5.12. The number of aryl methyl sites for hydroxylation is 1. The van der Waals surface area contributed by atoms with E-state index in [1.54, 1.807) is 11.9 Å². The first kappa shape index (κ1) is 16.0. The van der Waals surface area contributed by atoms with Crippen LogP contribution in [0.2, 0.25) is 0 Å². The minimum atomic E-state index is -0.915. The van der Waals surface area contributed by atoms with E-state index in [4.69, 9.17) is 5.11 Å². The average Bonchev–Trinajstić information content (AvgIpc) is 2.39. The lowest BCUT2D eigenvalue weighted by molar-refractivity contribution is -0.136. The van der Waals surface area contributed by atoms with E-state index in [1.165, 1.54) is 4.90 Å². The second kappa shape index (κ2) is 6.93. The molecule has 1 aromatic rings. The summed E-state index contributed by atoms with van der Waals surface area (Å²) in [5.41, 5.74) is 1.81. The molecule has 0 saturated carbocycles. The van der Waals surface area contributed by atoms with Crippen LogP contribution in [0, 0.1) is 6.92 Å². The Kier molecular flexibility index (Phi) is 5.55. The van der Waals surface area contributed by atoms with Gasteiger partial charge in [-0.15, -0.1) is 0 Å². The molecule has 0 spiro atoms. The molecule has 0 aromatic heterocycles. The minimum absolute atomic E-state index is 0.0558. The summed E-state index contributed by atoms with van der Waals surface area (Å²) < 4.78 is 0. The third kappa shape index (κ3) is 4.26. The topological polar surface area (TPSA) is 60.9 Å². The number of carbonyl (C=O) groups is 2. The van der Waals surface area contributed by atoms with Crippen molar-refractivity contribution in [1.29, 1.82) is 0 Å². The van der Waals surface area contributed by atoms with Crippen LogP contribution in [0.4, 0.5) is 10.5 Å². The summed E-state index contributed by atoms with van der Waals surface area (Å²) in [7, 11) is 1.72. The average molecular weight is 278 g/mol. The number of rotatable bonds is 5. The van der Waals surface area contributed by atoms with Gasteiger partial charge < -0.3 is 10.0 Å². The van der Waals surface area contributed by atoms with E-state index in [0.29, 0.717) is 5.69 Å². The predicted octanol–water partition coefficient (Wildman–Crippen LogP) is 2.74. The molecule has 0 bridgehead atoms. The van der Waals surface area contributed by atoms with Crippen LogP contribution >= 0.6 is 0 Å². The van der Waals surface area contributed by atoms with Crippen molar-refractivity contribution in [2.24, 2.45) is 0 Å². The molecule has 0 aliphatic carbocycles. The van der Waals surface area contributed by atoms with Gasteiger partial charge in [-0.3, -0.25) is 9.69 Å². The van der Waals surface area contributed by atoms with Gasteiger partial charge in [0, 0.05) is 25.3 Å². The van der Waals surface area contributed by atoms with E-state index in [2.05, 4.69) is 0 Å². The van der Waals surface area contributed by atoms with Gasteiger partial charge in [0.1, 0.15) is 0 Å². The molecule has 0 aliphatic heterocycles. The first-order valence-electron chi connectivity index (χ1n) is 6.65. The smallest absolute Gasteiger partial charge is 0.324 e. The Morgan fingerprint density at radius 1 is 1.20 bits per heavy atom. The fraction of sp³-hybridized carbons (Fsp3) is 0.467. The van der Waals surface area contributed by atoms with Crippen molar-refractivity contribution in [3.8, 4) is 0 Å². The Balaban J connectivity index is 2.98. The lowest BCUT2D eigenvalue weighted by atomic mass is 10.2. The predicted molar refractivity (Wildman–Crippen MR) is 79.1 cm³/mol. The molecule has 1 N–H and O–H groups in total. The van der Waals surface area contributed by atoms with Gasteiger partial charge in [0.2, 0.25) is 0 Å². The molecule has 1 rings (SSSR count). The molecule has 20 heavy (non-hydrogen) atoms. The Morgan fingerprint density at radius 3 is 2.20 bits per heavy atom. The molecule has 0 atom stereocenters. The van der Waals surface area contributed by atoms with Crippen molar-refractivity contribution in [2.75, 3.05) is 18.5 Å². The third-order valence-electron chi connectivity index (χ3n) is 3.20. The van der Waals surface area contributed by atoms with Crippen LogP contribution in [0.15, 0.2) is 24.3 Å². The van der Waals surface area contributed by atoms with E-state index in [0.717, 1.165) is 5.56 Å². The molecule has 1 aromatic carbocycles. The van der Waals surface area contributed by atoms with Crippen LogP contribution < -0.4 is 4.90 Å². The van der Waals surface area contributed by atoms with Gasteiger partial charge >= 0.3 is 12.0 Å². The van der Waals surface area contributed by atoms with Crippen molar-refractivity contribution < 1.29 is 14.7 Å². The van der Waals surface area contributed by atoms with Crippen LogP contribution in [0.25, 0.3) is 0 Å². The van der Waals surface area contributed by atoms with Gasteiger partial charge in [-0.2, -0.15) is 0 Å². The van der Waals surface area contributed by atoms with Gasteiger partial charge in [-0.1, -0.05) is 17.7 Å². The standard InChI is InChI=1S/C15H22N2O3/c1-11(2)16(4)15(20)17(10-9-14(18)19)13-7-5-12(3)6-8-13/h5-8,11H,9-10H2,1-4H3,(H,18,19). The first-order chi connectivity index (χ1) is 9.32. The van der Waals surface area contributed by atoms with Crippen molar-refractivity contribution >= 4 is 17.7 Å². The molecule has 2 amide bonds. The Bertz CT molecular complexity index is 469. The summed E-state index contributed by atoms with van der Waals surface area (Å²) in [6, 6.07) is 7.36. The van der Waals surface area contributed by atoms with Gasteiger partial charge in [0.05, 0.1) is 6.42 Å². The zero-order chi connectivity index (χ0) is 15.3. The molecule has 0 saturated heterocycles. The molecule has 5 nitrogen and oxygen atoms in total. The molecule has 0 unspecified atom stereocenters. The first-order valence-corrected chi connectivity index (χ1v) is 6.65. The van der Waals surface area contributed by atoms with Crippen molar-refractivity contribution in [3.05, 3.63) is 29.8 Å². The lowest BCUT2D eigenvalue weighted by Crippen LogP contribution is -2.45. The number of amides is 2. The SMILES string of the molecule is Cc1ccc(N(CCC(=O)O)C(=O)N(C)C(C)C)cc1. The van der Waals surface area contributed by atoms with Crippen LogP contribution in [0.1, 0.15) is 25.8 Å². The quantitative estimate of drug-likeness (QED) is 0.901. The van der Waals surface area contributed by atoms with Crippen molar-refractivity contribution in [1.82, 2.24) is 4.90 Å². The van der Waals surface area contributed by atoms with Crippen LogP contribution in [-0.4, -0.2) is 41.6 Å². The van der Waals surface area contributed by atoms with Gasteiger partial charge in [-0.25, -0.2) is 4.79 Å². The zero-order valence-electron chi connectivity index (χ0n) is 12.5. The summed E-state index contributed by atoms with van der Waals surface area (Å²) >= 11 is 0. The zero-order valence-corrected chi connectivity index (χ0v) is 12.5. The molecule has 0 heterocycles. The van der Waals surface area contributed by atoms with Crippen LogP contribution in [0.3, 0.4) is 0 Å². The maximum Gasteiger partial charge on any atom is 0.324 e. The normalized spacial score (nSPS) is 10.4. The Hall–Kier alpha value is -2.04. The maximum absolute atomic E-state index is 12.4. The Labute approximate surface area is 119 Å². The number of hydrogen-bond acceptors (Lipinski definition) is 2. The molecular weight excluding hydrogens is 256 g/mol. The molecule has 0 fully saturated rings. The minimum Gasteiger partial charge on any atom is -0.481 e. The molecule has 0 aliphatic rings. The summed E-state index contributed by atoms with van der Waals surface area (Å²) in [5, 5.41) is 8.83. The third-order valence-corrected chi connectivity index (χ3v) is 3.20. The fourth-order valence-corrected chi connectivity index (χ4v) is 1.68. The summed E-state index contributed by atoms with van der Waals surface area (Å²) in [6.07, 6.45) is -0.0778. The van der Waals surface area contributed by atoms with Gasteiger partial charge in [0.15, 0.2) is 0 Å². The number of carbonyl (C=O) groups excluding carboxylic acids is 1. The van der Waals surface area contributed by atoms with Crippen LogP contribution in [0.5, 0.6) is 0 Å². The Morgan fingerprint density at radius 2 is 1.75 bits per heavy atom. The number of anilines is 1. The highest BCUT2D eigenvalue weighted by Gasteiger charge is 2.22. The highest BCUT2D eigenvalue weighted by Crippen LogP contribution is 2.18. The number of nitrogens with zero attached hydrogens (tertiary/aromatic N) is 2. The monoisotopic (exact) mass is 278 g/mol. The van der Waals surface area contributed by atoms with Crippen molar-refractivity contribution in [2.45, 2.75) is 33.2 Å². The highest BCUT2D eigenvalue weighted by molar-refractivity contribution is 5.92. The van der Waals surface area contributed by atoms with E-state index < -0.39 is 5.97 Å². The lowest BCUT2D eigenvalue weighted by Gasteiger charge is -2.30. The van der Waals surface area contributed by atoms with E-state index in [-0.39, 0.29) is 25.0 Å². The molecule has 110 valence electrons. The van der Waals surface area contributed by atoms with Gasteiger partial charge in [-0.05, 0) is 32.9 Å². The molecule has 5 heteroatoms. The van der Waals surface area contributed by atoms with E-state index >= 15 is 0 Å². The molecular formula is C15H22N2O3. The number of carboxylic acids is 1. The molecule has 0 radical (unpaired) electrons. The largest absolute Gasteiger partial charge is 0.481 e.